The zero-order valence-corrected chi connectivity index (χ0v) is 14.6. The minimum atomic E-state index is 0.435. The second-order valence-corrected chi connectivity index (χ2v) is 9.63. The van der Waals surface area contributed by atoms with Crippen molar-refractivity contribution in [3.05, 3.63) is 0 Å². The minimum absolute atomic E-state index is 0.435. The molecular formula is C19H35NO. The molecule has 0 heterocycles. The highest BCUT2D eigenvalue weighted by molar-refractivity contribution is 5.14. The normalized spacial score (nSPS) is 44.7. The van der Waals surface area contributed by atoms with Gasteiger partial charge in [0.15, 0.2) is 0 Å². The minimum Gasteiger partial charge on any atom is -0.380 e. The number of rotatable bonds is 7. The quantitative estimate of drug-likeness (QED) is 0.703. The summed E-state index contributed by atoms with van der Waals surface area (Å²) in [7, 11) is 0. The molecule has 2 unspecified atom stereocenters. The van der Waals surface area contributed by atoms with Crippen molar-refractivity contribution in [3.63, 3.8) is 0 Å². The second kappa shape index (κ2) is 5.53. The van der Waals surface area contributed by atoms with E-state index >= 15 is 0 Å². The highest BCUT2D eigenvalue weighted by Crippen LogP contribution is 2.66. The Morgan fingerprint density at radius 1 is 1.00 bits per heavy atom. The molecule has 0 amide bonds. The summed E-state index contributed by atoms with van der Waals surface area (Å²) in [6.45, 7) is 12.5. The lowest BCUT2D eigenvalue weighted by Crippen LogP contribution is -2.64. The zero-order valence-electron chi connectivity index (χ0n) is 14.6. The average Bonchev–Trinajstić information content (AvgIpc) is 2.28. The summed E-state index contributed by atoms with van der Waals surface area (Å²) in [5, 5.41) is 3.94. The lowest BCUT2D eigenvalue weighted by atomic mass is 9.43. The molecule has 1 N–H and O–H groups in total. The molecule has 0 saturated heterocycles. The molecule has 4 rings (SSSR count). The van der Waals surface area contributed by atoms with Gasteiger partial charge in [-0.15, -0.1) is 0 Å². The summed E-state index contributed by atoms with van der Waals surface area (Å²) in [6.07, 6.45) is 9.84. The van der Waals surface area contributed by atoms with E-state index in [-0.39, 0.29) is 0 Å². The van der Waals surface area contributed by atoms with Crippen LogP contribution < -0.4 is 5.32 Å². The molecule has 0 aromatic heterocycles. The van der Waals surface area contributed by atoms with E-state index in [4.69, 9.17) is 4.74 Å². The Morgan fingerprint density at radius 3 is 2.24 bits per heavy atom. The van der Waals surface area contributed by atoms with E-state index in [2.05, 4.69) is 33.0 Å². The third kappa shape index (κ3) is 3.47. The predicted octanol–water partition coefficient (Wildman–Crippen LogP) is 4.39. The van der Waals surface area contributed by atoms with Crippen molar-refractivity contribution >= 4 is 0 Å². The van der Waals surface area contributed by atoms with Gasteiger partial charge in [0, 0.05) is 18.7 Å². The molecule has 2 nitrogen and oxygen atoms in total. The predicted molar refractivity (Wildman–Crippen MR) is 88.4 cm³/mol. The largest absolute Gasteiger partial charge is 0.380 e. The monoisotopic (exact) mass is 293 g/mol. The van der Waals surface area contributed by atoms with Crippen LogP contribution in [0.15, 0.2) is 0 Å². The topological polar surface area (TPSA) is 21.3 Å². The van der Waals surface area contributed by atoms with Gasteiger partial charge < -0.3 is 10.1 Å². The standard InChI is InChI=1S/C19H35NO/c1-15(2)5-7-21-8-6-20-19-11-16-9-17(3,13-19)12-18(4,10-16)14-19/h15-16,20H,5-14H2,1-4H3. The number of ether oxygens (including phenoxy) is 1. The highest BCUT2D eigenvalue weighted by Gasteiger charge is 2.59. The third-order valence-corrected chi connectivity index (χ3v) is 6.21. The van der Waals surface area contributed by atoms with E-state index in [1.807, 2.05) is 0 Å². The lowest BCUT2D eigenvalue weighted by molar-refractivity contribution is -0.118. The van der Waals surface area contributed by atoms with Gasteiger partial charge in [-0.1, -0.05) is 27.7 Å². The van der Waals surface area contributed by atoms with Crippen molar-refractivity contribution in [2.45, 2.75) is 78.2 Å². The molecule has 0 aliphatic heterocycles. The molecule has 2 atom stereocenters. The third-order valence-electron chi connectivity index (χ3n) is 6.21. The summed E-state index contributed by atoms with van der Waals surface area (Å²) in [5.74, 6) is 1.73. The summed E-state index contributed by atoms with van der Waals surface area (Å²) >= 11 is 0. The van der Waals surface area contributed by atoms with E-state index in [1.54, 1.807) is 0 Å². The van der Waals surface area contributed by atoms with Crippen LogP contribution in [0.1, 0.15) is 72.6 Å². The van der Waals surface area contributed by atoms with E-state index in [0.29, 0.717) is 16.4 Å². The molecule has 122 valence electrons. The van der Waals surface area contributed by atoms with Crippen molar-refractivity contribution in [3.8, 4) is 0 Å². The summed E-state index contributed by atoms with van der Waals surface area (Å²) in [5.41, 5.74) is 1.66. The fourth-order valence-corrected chi connectivity index (χ4v) is 6.45. The maximum Gasteiger partial charge on any atom is 0.0591 e. The van der Waals surface area contributed by atoms with Crippen LogP contribution in [-0.2, 0) is 4.74 Å². The van der Waals surface area contributed by atoms with E-state index in [9.17, 15) is 0 Å². The molecule has 21 heavy (non-hydrogen) atoms. The Kier molecular flexibility index (Phi) is 4.16. The summed E-state index contributed by atoms with van der Waals surface area (Å²) in [4.78, 5) is 0. The van der Waals surface area contributed by atoms with Crippen molar-refractivity contribution in [1.82, 2.24) is 5.32 Å². The molecule has 4 saturated carbocycles. The van der Waals surface area contributed by atoms with Crippen LogP contribution in [0.5, 0.6) is 0 Å². The fourth-order valence-electron chi connectivity index (χ4n) is 6.45. The van der Waals surface area contributed by atoms with Gasteiger partial charge in [0.25, 0.3) is 0 Å². The van der Waals surface area contributed by atoms with Gasteiger partial charge in [-0.3, -0.25) is 0 Å². The van der Waals surface area contributed by atoms with Crippen LogP contribution in [0, 0.1) is 22.7 Å². The van der Waals surface area contributed by atoms with Crippen molar-refractivity contribution in [2.75, 3.05) is 19.8 Å². The van der Waals surface area contributed by atoms with Gasteiger partial charge in [-0.05, 0) is 67.6 Å². The van der Waals surface area contributed by atoms with Gasteiger partial charge in [-0.2, -0.15) is 0 Å². The Balaban J connectivity index is 1.49. The first-order valence-corrected chi connectivity index (χ1v) is 9.15. The number of hydrogen-bond acceptors (Lipinski definition) is 2. The number of nitrogens with one attached hydrogen (secondary N) is 1. The molecule has 0 spiro atoms. The maximum absolute atomic E-state index is 5.80. The molecule has 0 aromatic carbocycles. The van der Waals surface area contributed by atoms with Crippen molar-refractivity contribution in [1.29, 1.82) is 0 Å². The first kappa shape index (κ1) is 15.8. The average molecular weight is 293 g/mol. The molecule has 4 aliphatic carbocycles. The molecular weight excluding hydrogens is 258 g/mol. The zero-order chi connectivity index (χ0) is 15.1. The molecule has 4 fully saturated rings. The van der Waals surface area contributed by atoms with Gasteiger partial charge in [0.05, 0.1) is 6.61 Å². The maximum atomic E-state index is 5.80. The summed E-state index contributed by atoms with van der Waals surface area (Å²) in [6, 6.07) is 0. The Bertz CT molecular complexity index is 360. The van der Waals surface area contributed by atoms with Crippen LogP contribution >= 0.6 is 0 Å². The molecule has 2 heteroatoms. The van der Waals surface area contributed by atoms with Gasteiger partial charge in [-0.25, -0.2) is 0 Å². The molecule has 0 aromatic rings. The van der Waals surface area contributed by atoms with Crippen molar-refractivity contribution < 1.29 is 4.74 Å². The Labute approximate surface area is 131 Å². The summed E-state index contributed by atoms with van der Waals surface area (Å²) < 4.78 is 5.80. The van der Waals surface area contributed by atoms with Crippen LogP contribution in [-0.4, -0.2) is 25.3 Å². The second-order valence-electron chi connectivity index (χ2n) is 9.63. The molecule has 4 bridgehead atoms. The van der Waals surface area contributed by atoms with E-state index in [0.717, 1.165) is 31.6 Å². The van der Waals surface area contributed by atoms with Gasteiger partial charge in [0.1, 0.15) is 0 Å². The molecule has 0 radical (unpaired) electrons. The van der Waals surface area contributed by atoms with Crippen LogP contribution in [0.2, 0.25) is 0 Å². The van der Waals surface area contributed by atoms with Crippen LogP contribution in [0.3, 0.4) is 0 Å². The number of hydrogen-bond donors (Lipinski definition) is 1. The Hall–Kier alpha value is -0.0800. The van der Waals surface area contributed by atoms with E-state index in [1.165, 1.54) is 44.9 Å². The van der Waals surface area contributed by atoms with Gasteiger partial charge >= 0.3 is 0 Å². The smallest absolute Gasteiger partial charge is 0.0591 e. The van der Waals surface area contributed by atoms with E-state index < -0.39 is 0 Å². The highest BCUT2D eigenvalue weighted by atomic mass is 16.5. The first-order chi connectivity index (χ1) is 9.82. The lowest BCUT2D eigenvalue weighted by Gasteiger charge is -2.65. The van der Waals surface area contributed by atoms with Crippen molar-refractivity contribution in [2.24, 2.45) is 22.7 Å². The van der Waals surface area contributed by atoms with Gasteiger partial charge in [0.2, 0.25) is 0 Å². The molecule has 4 aliphatic rings. The SMILES string of the molecule is CC(C)CCOCCNC12CC3CC(C)(CC(C)(C3)C1)C2. The first-order valence-electron chi connectivity index (χ1n) is 9.15. The fraction of sp³-hybridized carbons (Fsp3) is 1.00. The van der Waals surface area contributed by atoms with Crippen LogP contribution in [0.25, 0.3) is 0 Å². The Morgan fingerprint density at radius 2 is 1.67 bits per heavy atom. The van der Waals surface area contributed by atoms with Crippen LogP contribution in [0.4, 0.5) is 0 Å².